The van der Waals surface area contributed by atoms with E-state index in [2.05, 4.69) is 17.4 Å². The van der Waals surface area contributed by atoms with Crippen LogP contribution in [-0.2, 0) is 22.4 Å². The second-order valence-electron chi connectivity index (χ2n) is 5.62. The van der Waals surface area contributed by atoms with Crippen LogP contribution in [0, 0.1) is 0 Å². The third-order valence-corrected chi connectivity index (χ3v) is 4.22. The lowest BCUT2D eigenvalue weighted by molar-refractivity contribution is -0.130. The van der Waals surface area contributed by atoms with Gasteiger partial charge in [-0.2, -0.15) is 0 Å². The Morgan fingerprint density at radius 3 is 2.37 bits per heavy atom. The minimum absolute atomic E-state index is 0.0198. The predicted molar refractivity (Wildman–Crippen MR) is 72.8 cm³/mol. The largest absolute Gasteiger partial charge is 0.381 e. The van der Waals surface area contributed by atoms with Gasteiger partial charge in [0, 0.05) is 19.3 Å². The Hall–Kier alpha value is -1.39. The maximum atomic E-state index is 12.3. The molecular formula is C15H20N2O2. The second-order valence-corrected chi connectivity index (χ2v) is 5.62. The van der Waals surface area contributed by atoms with Crippen molar-refractivity contribution in [1.29, 1.82) is 0 Å². The lowest BCUT2D eigenvalue weighted by atomic mass is 9.90. The number of rotatable bonds is 2. The molecule has 3 rings (SSSR count). The zero-order chi connectivity index (χ0) is 13.3. The predicted octanol–water partition coefficient (Wildman–Crippen LogP) is 0.778. The summed E-state index contributed by atoms with van der Waals surface area (Å²) in [6, 6.07) is 8.55. The first-order valence-corrected chi connectivity index (χ1v) is 6.92. The van der Waals surface area contributed by atoms with Crippen LogP contribution in [-0.4, -0.2) is 30.7 Å². The number of carbonyl (C=O) groups excluding carboxylic acids is 1. The van der Waals surface area contributed by atoms with Crippen LogP contribution < -0.4 is 11.1 Å². The van der Waals surface area contributed by atoms with Crippen molar-refractivity contribution in [2.75, 3.05) is 13.2 Å². The van der Waals surface area contributed by atoms with Crippen LogP contribution in [0.4, 0.5) is 0 Å². The van der Waals surface area contributed by atoms with Gasteiger partial charge in [-0.05, 0) is 36.8 Å². The standard InChI is InChI=1S/C15H20N2O2/c16-15(5-7-19-8-6-15)14(18)17-13-9-11-3-1-2-4-12(11)10-13/h1-4,13H,5-10,16H2,(H,17,18). The van der Waals surface area contributed by atoms with Gasteiger partial charge in [0.05, 0.1) is 5.54 Å². The van der Waals surface area contributed by atoms with E-state index in [1.807, 2.05) is 12.1 Å². The molecular weight excluding hydrogens is 240 g/mol. The van der Waals surface area contributed by atoms with Crippen molar-refractivity contribution < 1.29 is 9.53 Å². The Balaban J connectivity index is 1.63. The van der Waals surface area contributed by atoms with Crippen LogP contribution >= 0.6 is 0 Å². The van der Waals surface area contributed by atoms with Crippen molar-refractivity contribution in [3.63, 3.8) is 0 Å². The molecule has 1 amide bonds. The van der Waals surface area contributed by atoms with Gasteiger partial charge in [-0.15, -0.1) is 0 Å². The van der Waals surface area contributed by atoms with E-state index in [1.165, 1.54) is 11.1 Å². The molecule has 0 unspecified atom stereocenters. The number of hydrogen-bond acceptors (Lipinski definition) is 3. The van der Waals surface area contributed by atoms with Gasteiger partial charge in [0.15, 0.2) is 0 Å². The fourth-order valence-electron chi connectivity index (χ4n) is 2.95. The third kappa shape index (κ3) is 2.51. The minimum Gasteiger partial charge on any atom is -0.381 e. The lowest BCUT2D eigenvalue weighted by Gasteiger charge is -2.32. The molecule has 0 atom stereocenters. The normalized spacial score (nSPS) is 21.9. The third-order valence-electron chi connectivity index (χ3n) is 4.22. The number of nitrogens with one attached hydrogen (secondary N) is 1. The summed E-state index contributed by atoms with van der Waals surface area (Å²) in [6.45, 7) is 1.16. The summed E-state index contributed by atoms with van der Waals surface area (Å²) in [4.78, 5) is 12.3. The summed E-state index contributed by atoms with van der Waals surface area (Å²) < 4.78 is 5.28. The number of nitrogens with two attached hydrogens (primary N) is 1. The molecule has 0 radical (unpaired) electrons. The van der Waals surface area contributed by atoms with E-state index in [-0.39, 0.29) is 11.9 Å². The van der Waals surface area contributed by atoms with Gasteiger partial charge in [-0.1, -0.05) is 24.3 Å². The molecule has 4 heteroatoms. The van der Waals surface area contributed by atoms with E-state index in [4.69, 9.17) is 10.5 Å². The number of ether oxygens (including phenoxy) is 1. The van der Waals surface area contributed by atoms with E-state index < -0.39 is 5.54 Å². The Bertz CT molecular complexity index is 456. The number of fused-ring (bicyclic) bond motifs is 1. The van der Waals surface area contributed by atoms with Crippen LogP contribution in [0.15, 0.2) is 24.3 Å². The van der Waals surface area contributed by atoms with Crippen LogP contribution in [0.2, 0.25) is 0 Å². The van der Waals surface area contributed by atoms with Gasteiger partial charge >= 0.3 is 0 Å². The molecule has 1 aliphatic carbocycles. The Morgan fingerprint density at radius 1 is 1.21 bits per heavy atom. The van der Waals surface area contributed by atoms with Crippen LogP contribution in [0.3, 0.4) is 0 Å². The van der Waals surface area contributed by atoms with Crippen molar-refractivity contribution in [2.24, 2.45) is 5.73 Å². The quantitative estimate of drug-likeness (QED) is 0.826. The summed E-state index contributed by atoms with van der Waals surface area (Å²) in [6.07, 6.45) is 3.04. The monoisotopic (exact) mass is 260 g/mol. The van der Waals surface area contributed by atoms with Crippen LogP contribution in [0.25, 0.3) is 0 Å². The van der Waals surface area contributed by atoms with E-state index in [0.29, 0.717) is 26.1 Å². The molecule has 2 aliphatic rings. The van der Waals surface area contributed by atoms with Crippen molar-refractivity contribution in [2.45, 2.75) is 37.3 Å². The number of benzene rings is 1. The average Bonchev–Trinajstić information content (AvgIpc) is 2.81. The summed E-state index contributed by atoms with van der Waals surface area (Å²) in [5, 5.41) is 3.12. The second kappa shape index (κ2) is 4.94. The lowest BCUT2D eigenvalue weighted by Crippen LogP contribution is -2.58. The van der Waals surface area contributed by atoms with E-state index in [0.717, 1.165) is 12.8 Å². The van der Waals surface area contributed by atoms with Gasteiger partial charge < -0.3 is 15.8 Å². The number of amides is 1. The molecule has 0 saturated carbocycles. The molecule has 1 aliphatic heterocycles. The molecule has 4 nitrogen and oxygen atoms in total. The zero-order valence-corrected chi connectivity index (χ0v) is 11.0. The maximum Gasteiger partial charge on any atom is 0.240 e. The average molecular weight is 260 g/mol. The highest BCUT2D eigenvalue weighted by molar-refractivity contribution is 5.86. The van der Waals surface area contributed by atoms with Crippen molar-refractivity contribution in [3.8, 4) is 0 Å². The molecule has 1 aromatic rings. The minimum atomic E-state index is -0.743. The van der Waals surface area contributed by atoms with Gasteiger partial charge in [-0.25, -0.2) is 0 Å². The number of carbonyl (C=O) groups is 1. The Labute approximate surface area is 113 Å². The highest BCUT2D eigenvalue weighted by atomic mass is 16.5. The van der Waals surface area contributed by atoms with E-state index in [1.54, 1.807) is 0 Å². The van der Waals surface area contributed by atoms with Gasteiger partial charge in [0.25, 0.3) is 0 Å². The molecule has 3 N–H and O–H groups in total. The van der Waals surface area contributed by atoms with Crippen molar-refractivity contribution >= 4 is 5.91 Å². The van der Waals surface area contributed by atoms with Crippen molar-refractivity contribution in [1.82, 2.24) is 5.32 Å². The molecule has 1 fully saturated rings. The van der Waals surface area contributed by atoms with E-state index >= 15 is 0 Å². The molecule has 102 valence electrons. The first kappa shape index (κ1) is 12.6. The molecule has 0 spiro atoms. The van der Waals surface area contributed by atoms with Crippen molar-refractivity contribution in [3.05, 3.63) is 35.4 Å². The Kier molecular flexibility index (Phi) is 3.29. The summed E-state index contributed by atoms with van der Waals surface area (Å²) >= 11 is 0. The highest BCUT2D eigenvalue weighted by Crippen LogP contribution is 2.23. The molecule has 0 aromatic heterocycles. The molecule has 19 heavy (non-hydrogen) atoms. The molecule has 1 aromatic carbocycles. The molecule has 0 bridgehead atoms. The first-order valence-electron chi connectivity index (χ1n) is 6.92. The summed E-state index contributed by atoms with van der Waals surface area (Å²) in [7, 11) is 0. The fourth-order valence-corrected chi connectivity index (χ4v) is 2.95. The first-order chi connectivity index (χ1) is 9.17. The molecule has 1 saturated heterocycles. The highest BCUT2D eigenvalue weighted by Gasteiger charge is 2.37. The summed E-state index contributed by atoms with van der Waals surface area (Å²) in [5.41, 5.74) is 8.13. The summed E-state index contributed by atoms with van der Waals surface area (Å²) in [5.74, 6) is -0.0198. The van der Waals surface area contributed by atoms with E-state index in [9.17, 15) is 4.79 Å². The van der Waals surface area contributed by atoms with Gasteiger partial charge in [-0.3, -0.25) is 4.79 Å². The SMILES string of the molecule is NC1(C(=O)NC2Cc3ccccc3C2)CCOCC1. The zero-order valence-electron chi connectivity index (χ0n) is 11.0. The van der Waals surface area contributed by atoms with Gasteiger partial charge in [0.2, 0.25) is 5.91 Å². The van der Waals surface area contributed by atoms with Crippen LogP contribution in [0.1, 0.15) is 24.0 Å². The maximum absolute atomic E-state index is 12.3. The molecule has 1 heterocycles. The fraction of sp³-hybridized carbons (Fsp3) is 0.533. The Morgan fingerprint density at radius 2 is 1.79 bits per heavy atom. The topological polar surface area (TPSA) is 64.4 Å². The van der Waals surface area contributed by atoms with Gasteiger partial charge in [0.1, 0.15) is 0 Å². The number of hydrogen-bond donors (Lipinski definition) is 2. The van der Waals surface area contributed by atoms with Crippen LogP contribution in [0.5, 0.6) is 0 Å². The smallest absolute Gasteiger partial charge is 0.240 e.